The number of pyridine rings is 1. The summed E-state index contributed by atoms with van der Waals surface area (Å²) < 4.78 is 5.14. The summed E-state index contributed by atoms with van der Waals surface area (Å²) >= 11 is 0. The Hall–Kier alpha value is -2.07. The van der Waals surface area contributed by atoms with Crippen LogP contribution in [0.5, 0.6) is 11.5 Å². The minimum Gasteiger partial charge on any atom is -0.506 e. The van der Waals surface area contributed by atoms with E-state index < -0.39 is 0 Å². The van der Waals surface area contributed by atoms with Crippen LogP contribution >= 0.6 is 0 Å². The summed E-state index contributed by atoms with van der Waals surface area (Å²) in [5, 5.41) is 13.1. The molecule has 1 aromatic heterocycles. The number of hydrogen-bond acceptors (Lipinski definition) is 4. The first kappa shape index (κ1) is 14.3. The van der Waals surface area contributed by atoms with E-state index in [1.54, 1.807) is 19.2 Å². The Bertz CT molecular complexity index is 567. The summed E-state index contributed by atoms with van der Waals surface area (Å²) in [6.45, 7) is 4.52. The molecule has 2 rings (SSSR count). The van der Waals surface area contributed by atoms with Gasteiger partial charge in [-0.15, -0.1) is 0 Å². The Balaban J connectivity index is 2.00. The van der Waals surface area contributed by atoms with E-state index in [9.17, 15) is 5.11 Å². The van der Waals surface area contributed by atoms with Crippen molar-refractivity contribution >= 4 is 0 Å². The van der Waals surface area contributed by atoms with Gasteiger partial charge >= 0.3 is 0 Å². The van der Waals surface area contributed by atoms with Crippen LogP contribution in [0.15, 0.2) is 36.4 Å². The van der Waals surface area contributed by atoms with Crippen LogP contribution in [0.2, 0.25) is 0 Å². The van der Waals surface area contributed by atoms with Crippen molar-refractivity contribution < 1.29 is 9.84 Å². The fourth-order valence-corrected chi connectivity index (χ4v) is 1.99. The van der Waals surface area contributed by atoms with Crippen LogP contribution < -0.4 is 10.1 Å². The standard InChI is InChI=1S/C16H20N2O2/c1-11-4-9-16(19)15(18-11)10-17-12(2)13-5-7-14(20-3)8-6-13/h4-9,12,17,19H,10H2,1-3H3/t12-/m1/s1. The molecule has 0 saturated carbocycles. The average Bonchev–Trinajstić information content (AvgIpc) is 2.48. The first-order chi connectivity index (χ1) is 9.60. The highest BCUT2D eigenvalue weighted by atomic mass is 16.5. The molecule has 1 heterocycles. The Kier molecular flexibility index (Phi) is 4.58. The topological polar surface area (TPSA) is 54.4 Å². The van der Waals surface area contributed by atoms with Crippen LogP contribution in [-0.4, -0.2) is 17.2 Å². The van der Waals surface area contributed by atoms with Gasteiger partial charge in [0, 0.05) is 18.3 Å². The molecule has 2 N–H and O–H groups in total. The van der Waals surface area contributed by atoms with Crippen molar-refractivity contribution in [2.45, 2.75) is 26.4 Å². The van der Waals surface area contributed by atoms with E-state index in [0.717, 1.165) is 17.0 Å². The Morgan fingerprint density at radius 3 is 2.55 bits per heavy atom. The maximum absolute atomic E-state index is 9.77. The number of hydrogen-bond donors (Lipinski definition) is 2. The van der Waals surface area contributed by atoms with E-state index in [2.05, 4.69) is 17.2 Å². The molecule has 4 heteroatoms. The lowest BCUT2D eigenvalue weighted by atomic mass is 10.1. The SMILES string of the molecule is COc1ccc([C@@H](C)NCc2nc(C)ccc2O)cc1. The fraction of sp³-hybridized carbons (Fsp3) is 0.312. The molecule has 1 atom stereocenters. The van der Waals surface area contributed by atoms with Gasteiger partial charge in [-0.1, -0.05) is 12.1 Å². The minimum atomic E-state index is 0.169. The zero-order valence-electron chi connectivity index (χ0n) is 12.1. The molecule has 20 heavy (non-hydrogen) atoms. The summed E-state index contributed by atoms with van der Waals surface area (Å²) in [6.07, 6.45) is 0. The molecular formula is C16H20N2O2. The summed E-state index contributed by atoms with van der Waals surface area (Å²) in [4.78, 5) is 4.33. The molecule has 106 valence electrons. The molecule has 0 saturated heterocycles. The quantitative estimate of drug-likeness (QED) is 0.878. The van der Waals surface area contributed by atoms with Gasteiger partial charge < -0.3 is 15.2 Å². The number of aromatic nitrogens is 1. The van der Waals surface area contributed by atoms with Gasteiger partial charge in [-0.05, 0) is 43.7 Å². The number of aryl methyl sites for hydroxylation is 1. The van der Waals surface area contributed by atoms with Crippen LogP contribution in [-0.2, 0) is 6.54 Å². The van der Waals surface area contributed by atoms with Crippen molar-refractivity contribution in [3.8, 4) is 11.5 Å². The second-order valence-corrected chi connectivity index (χ2v) is 4.79. The predicted octanol–water partition coefficient (Wildman–Crippen LogP) is 2.96. The van der Waals surface area contributed by atoms with Crippen molar-refractivity contribution in [2.24, 2.45) is 0 Å². The van der Waals surface area contributed by atoms with Gasteiger partial charge in [0.2, 0.25) is 0 Å². The maximum Gasteiger partial charge on any atom is 0.138 e. The van der Waals surface area contributed by atoms with Crippen molar-refractivity contribution in [2.75, 3.05) is 7.11 Å². The second-order valence-electron chi connectivity index (χ2n) is 4.79. The van der Waals surface area contributed by atoms with E-state index in [0.29, 0.717) is 12.2 Å². The summed E-state index contributed by atoms with van der Waals surface area (Å²) in [7, 11) is 1.66. The Labute approximate surface area is 119 Å². The normalized spacial score (nSPS) is 12.2. The van der Waals surface area contributed by atoms with E-state index in [1.165, 1.54) is 0 Å². The zero-order chi connectivity index (χ0) is 14.5. The van der Waals surface area contributed by atoms with Crippen molar-refractivity contribution in [1.82, 2.24) is 10.3 Å². The van der Waals surface area contributed by atoms with E-state index >= 15 is 0 Å². The van der Waals surface area contributed by atoms with Gasteiger partial charge in [0.25, 0.3) is 0 Å². The average molecular weight is 272 g/mol. The van der Waals surface area contributed by atoms with Crippen LogP contribution in [0.25, 0.3) is 0 Å². The maximum atomic E-state index is 9.77. The van der Waals surface area contributed by atoms with Gasteiger partial charge in [-0.2, -0.15) is 0 Å². The van der Waals surface area contributed by atoms with Crippen LogP contribution in [0, 0.1) is 6.92 Å². The van der Waals surface area contributed by atoms with Crippen molar-refractivity contribution in [3.05, 3.63) is 53.3 Å². The monoisotopic (exact) mass is 272 g/mol. The highest BCUT2D eigenvalue weighted by Crippen LogP contribution is 2.19. The van der Waals surface area contributed by atoms with E-state index in [-0.39, 0.29) is 11.8 Å². The zero-order valence-corrected chi connectivity index (χ0v) is 12.1. The molecule has 0 unspecified atom stereocenters. The molecule has 0 fully saturated rings. The van der Waals surface area contributed by atoms with Crippen LogP contribution in [0.3, 0.4) is 0 Å². The third kappa shape index (κ3) is 3.48. The van der Waals surface area contributed by atoms with Crippen molar-refractivity contribution in [1.29, 1.82) is 0 Å². The number of aromatic hydroxyl groups is 1. The lowest BCUT2D eigenvalue weighted by Gasteiger charge is -2.15. The Morgan fingerprint density at radius 1 is 1.20 bits per heavy atom. The van der Waals surface area contributed by atoms with E-state index in [1.807, 2.05) is 31.2 Å². The largest absolute Gasteiger partial charge is 0.506 e. The number of methoxy groups -OCH3 is 1. The van der Waals surface area contributed by atoms with Gasteiger partial charge in [0.05, 0.1) is 12.8 Å². The fourth-order valence-electron chi connectivity index (χ4n) is 1.99. The number of rotatable bonds is 5. The van der Waals surface area contributed by atoms with Gasteiger partial charge in [-0.25, -0.2) is 0 Å². The second kappa shape index (κ2) is 6.39. The number of benzene rings is 1. The minimum absolute atomic E-state index is 0.169. The smallest absolute Gasteiger partial charge is 0.138 e. The van der Waals surface area contributed by atoms with Crippen LogP contribution in [0.1, 0.15) is 29.9 Å². The summed E-state index contributed by atoms with van der Waals surface area (Å²) in [5.74, 6) is 1.07. The van der Waals surface area contributed by atoms with Gasteiger partial charge in [-0.3, -0.25) is 4.98 Å². The van der Waals surface area contributed by atoms with E-state index in [4.69, 9.17) is 4.74 Å². The third-order valence-corrected chi connectivity index (χ3v) is 3.28. The molecule has 0 aliphatic carbocycles. The molecule has 1 aromatic carbocycles. The molecular weight excluding hydrogens is 252 g/mol. The van der Waals surface area contributed by atoms with Gasteiger partial charge in [0.1, 0.15) is 11.5 Å². The lowest BCUT2D eigenvalue weighted by molar-refractivity contribution is 0.414. The molecule has 0 aliphatic rings. The van der Waals surface area contributed by atoms with Crippen LogP contribution in [0.4, 0.5) is 0 Å². The summed E-state index contributed by atoms with van der Waals surface area (Å²) in [5.41, 5.74) is 2.74. The number of nitrogens with zero attached hydrogens (tertiary/aromatic N) is 1. The lowest BCUT2D eigenvalue weighted by Crippen LogP contribution is -2.19. The molecule has 4 nitrogen and oxygen atoms in total. The molecule has 0 bridgehead atoms. The molecule has 0 aliphatic heterocycles. The number of nitrogens with one attached hydrogen (secondary N) is 1. The first-order valence-electron chi connectivity index (χ1n) is 6.63. The first-order valence-corrected chi connectivity index (χ1v) is 6.63. The summed E-state index contributed by atoms with van der Waals surface area (Å²) in [6, 6.07) is 11.6. The van der Waals surface area contributed by atoms with Crippen molar-refractivity contribution in [3.63, 3.8) is 0 Å². The molecule has 0 radical (unpaired) electrons. The predicted molar refractivity (Wildman–Crippen MR) is 78.9 cm³/mol. The molecule has 0 amide bonds. The number of ether oxygens (including phenoxy) is 1. The third-order valence-electron chi connectivity index (χ3n) is 3.28. The Morgan fingerprint density at radius 2 is 1.90 bits per heavy atom. The molecule has 2 aromatic rings. The molecule has 0 spiro atoms. The highest BCUT2D eigenvalue weighted by molar-refractivity contribution is 5.30. The highest BCUT2D eigenvalue weighted by Gasteiger charge is 2.08. The van der Waals surface area contributed by atoms with Gasteiger partial charge in [0.15, 0.2) is 0 Å².